The van der Waals surface area contributed by atoms with Crippen LogP contribution in [0.3, 0.4) is 0 Å². The number of amides is 1. The first-order chi connectivity index (χ1) is 12.2. The molecule has 1 N–H and O–H groups in total. The van der Waals surface area contributed by atoms with E-state index in [2.05, 4.69) is 25.2 Å². The second kappa shape index (κ2) is 6.66. The minimum atomic E-state index is -0.185. The Morgan fingerprint density at radius 1 is 1.24 bits per heavy atom. The van der Waals surface area contributed by atoms with Crippen LogP contribution >= 0.6 is 0 Å². The van der Waals surface area contributed by atoms with Gasteiger partial charge in [-0.3, -0.25) is 9.48 Å². The van der Waals surface area contributed by atoms with Crippen LogP contribution in [0, 0.1) is 0 Å². The van der Waals surface area contributed by atoms with Gasteiger partial charge in [0.15, 0.2) is 11.5 Å². The third-order valence-electron chi connectivity index (χ3n) is 5.00. The highest BCUT2D eigenvalue weighted by molar-refractivity contribution is 6.04. The molecule has 2 heterocycles. The first kappa shape index (κ1) is 15.8. The van der Waals surface area contributed by atoms with E-state index >= 15 is 0 Å². The molecule has 2 aromatic heterocycles. The molecule has 0 bridgehead atoms. The van der Waals surface area contributed by atoms with E-state index in [4.69, 9.17) is 0 Å². The number of carbonyl (C=O) groups is 1. The second-order valence-electron chi connectivity index (χ2n) is 6.62. The summed E-state index contributed by atoms with van der Waals surface area (Å²) in [6.07, 6.45) is 7.89. The minimum Gasteiger partial charge on any atom is -0.343 e. The number of hydrogen-bond donors (Lipinski definition) is 1. The van der Waals surface area contributed by atoms with Crippen LogP contribution in [-0.4, -0.2) is 30.5 Å². The predicted molar refractivity (Wildman–Crippen MR) is 94.0 cm³/mol. The first-order valence-corrected chi connectivity index (χ1v) is 8.82. The van der Waals surface area contributed by atoms with Gasteiger partial charge in [0.2, 0.25) is 0 Å². The SMILES string of the molecule is Cn1nc(C(=O)NCc2nncn2C2CCCCC2)c2ccccc21. The molecule has 0 unspecified atom stereocenters. The lowest BCUT2D eigenvalue weighted by atomic mass is 9.95. The maximum atomic E-state index is 12.6. The Bertz CT molecular complexity index is 890. The summed E-state index contributed by atoms with van der Waals surface area (Å²) in [5.41, 5.74) is 1.39. The fraction of sp³-hybridized carbons (Fsp3) is 0.444. The van der Waals surface area contributed by atoms with Gasteiger partial charge in [0.05, 0.1) is 12.1 Å². The summed E-state index contributed by atoms with van der Waals surface area (Å²) in [4.78, 5) is 12.6. The van der Waals surface area contributed by atoms with Crippen molar-refractivity contribution in [3.05, 3.63) is 42.1 Å². The van der Waals surface area contributed by atoms with E-state index in [-0.39, 0.29) is 5.91 Å². The van der Waals surface area contributed by atoms with Crippen molar-refractivity contribution in [1.29, 1.82) is 0 Å². The molecule has 25 heavy (non-hydrogen) atoms. The standard InChI is InChI=1S/C18H22N6O/c1-23-15-10-6-5-9-14(15)17(22-23)18(25)19-11-16-21-20-12-24(16)13-7-3-2-4-8-13/h5-6,9-10,12-13H,2-4,7-8,11H2,1H3,(H,19,25). The fourth-order valence-electron chi connectivity index (χ4n) is 3.68. The number of aromatic nitrogens is 5. The number of nitrogens with one attached hydrogen (secondary N) is 1. The van der Waals surface area contributed by atoms with Gasteiger partial charge in [0.1, 0.15) is 6.33 Å². The van der Waals surface area contributed by atoms with Gasteiger partial charge >= 0.3 is 0 Å². The fourth-order valence-corrected chi connectivity index (χ4v) is 3.68. The zero-order valence-corrected chi connectivity index (χ0v) is 14.4. The molecule has 0 spiro atoms. The molecular formula is C18H22N6O. The minimum absolute atomic E-state index is 0.185. The molecule has 1 amide bonds. The van der Waals surface area contributed by atoms with Crippen LogP contribution in [0.15, 0.2) is 30.6 Å². The number of hydrogen-bond acceptors (Lipinski definition) is 4. The molecule has 0 radical (unpaired) electrons. The Kier molecular flexibility index (Phi) is 4.21. The Hall–Kier alpha value is -2.70. The van der Waals surface area contributed by atoms with E-state index < -0.39 is 0 Å². The molecule has 7 heteroatoms. The van der Waals surface area contributed by atoms with Crippen molar-refractivity contribution in [1.82, 2.24) is 29.9 Å². The van der Waals surface area contributed by atoms with Gasteiger partial charge in [-0.2, -0.15) is 5.10 Å². The molecule has 0 aliphatic heterocycles. The molecule has 130 valence electrons. The van der Waals surface area contributed by atoms with E-state index in [1.165, 1.54) is 19.3 Å². The predicted octanol–water partition coefficient (Wildman–Crippen LogP) is 2.60. The van der Waals surface area contributed by atoms with Crippen molar-refractivity contribution in [2.75, 3.05) is 0 Å². The maximum Gasteiger partial charge on any atom is 0.272 e. The molecule has 0 saturated heterocycles. The summed E-state index contributed by atoms with van der Waals surface area (Å²) < 4.78 is 3.85. The van der Waals surface area contributed by atoms with Gasteiger partial charge < -0.3 is 9.88 Å². The summed E-state index contributed by atoms with van der Waals surface area (Å²) in [5, 5.41) is 16.4. The number of rotatable bonds is 4. The third kappa shape index (κ3) is 3.01. The van der Waals surface area contributed by atoms with Gasteiger partial charge in [-0.1, -0.05) is 37.5 Å². The van der Waals surface area contributed by atoms with E-state index in [1.54, 1.807) is 11.0 Å². The summed E-state index contributed by atoms with van der Waals surface area (Å²) >= 11 is 0. The first-order valence-electron chi connectivity index (χ1n) is 8.82. The molecule has 1 saturated carbocycles. The lowest BCUT2D eigenvalue weighted by Gasteiger charge is -2.23. The number of aryl methyl sites for hydroxylation is 1. The summed E-state index contributed by atoms with van der Waals surface area (Å²) in [6, 6.07) is 8.19. The number of nitrogens with zero attached hydrogens (tertiary/aromatic N) is 5. The maximum absolute atomic E-state index is 12.6. The van der Waals surface area contributed by atoms with Crippen molar-refractivity contribution in [3.63, 3.8) is 0 Å². The van der Waals surface area contributed by atoms with Crippen LogP contribution in [0.1, 0.15) is 54.5 Å². The largest absolute Gasteiger partial charge is 0.343 e. The molecular weight excluding hydrogens is 316 g/mol. The van der Waals surface area contributed by atoms with E-state index in [1.807, 2.05) is 31.3 Å². The summed E-state index contributed by atoms with van der Waals surface area (Å²) in [7, 11) is 1.85. The zero-order valence-electron chi connectivity index (χ0n) is 14.4. The quantitative estimate of drug-likeness (QED) is 0.793. The van der Waals surface area contributed by atoms with Gasteiger partial charge in [0.25, 0.3) is 5.91 Å². The molecule has 3 aromatic rings. The average Bonchev–Trinajstić information content (AvgIpc) is 3.26. The molecule has 0 atom stereocenters. The van der Waals surface area contributed by atoms with Crippen LogP contribution in [0.2, 0.25) is 0 Å². The number of para-hydroxylation sites is 1. The van der Waals surface area contributed by atoms with E-state index in [0.29, 0.717) is 18.3 Å². The highest BCUT2D eigenvalue weighted by Crippen LogP contribution is 2.28. The van der Waals surface area contributed by atoms with Gasteiger partial charge in [-0.15, -0.1) is 10.2 Å². The zero-order chi connectivity index (χ0) is 17.2. The molecule has 7 nitrogen and oxygen atoms in total. The summed E-state index contributed by atoms with van der Waals surface area (Å²) in [6.45, 7) is 0.361. The number of benzene rings is 1. The van der Waals surface area contributed by atoms with Crippen LogP contribution in [-0.2, 0) is 13.6 Å². The average molecular weight is 338 g/mol. The molecule has 1 aliphatic rings. The number of fused-ring (bicyclic) bond motifs is 1. The van der Waals surface area contributed by atoms with Crippen molar-refractivity contribution in [2.45, 2.75) is 44.7 Å². The summed E-state index contributed by atoms with van der Waals surface area (Å²) in [5.74, 6) is 0.621. The van der Waals surface area contributed by atoms with Gasteiger partial charge in [-0.25, -0.2) is 0 Å². The van der Waals surface area contributed by atoms with Crippen molar-refractivity contribution < 1.29 is 4.79 Å². The molecule has 4 rings (SSSR count). The van der Waals surface area contributed by atoms with Crippen molar-refractivity contribution in [3.8, 4) is 0 Å². The van der Waals surface area contributed by atoms with E-state index in [0.717, 1.165) is 29.6 Å². The van der Waals surface area contributed by atoms with Crippen LogP contribution < -0.4 is 5.32 Å². The van der Waals surface area contributed by atoms with Crippen LogP contribution in [0.25, 0.3) is 10.9 Å². The topological polar surface area (TPSA) is 77.6 Å². The van der Waals surface area contributed by atoms with Crippen molar-refractivity contribution >= 4 is 16.8 Å². The Morgan fingerprint density at radius 2 is 2.04 bits per heavy atom. The molecule has 1 fully saturated rings. The monoisotopic (exact) mass is 338 g/mol. The van der Waals surface area contributed by atoms with Gasteiger partial charge in [0, 0.05) is 18.5 Å². The normalized spacial score (nSPS) is 15.6. The van der Waals surface area contributed by atoms with Crippen LogP contribution in [0.5, 0.6) is 0 Å². The Morgan fingerprint density at radius 3 is 2.88 bits per heavy atom. The Labute approximate surface area is 146 Å². The smallest absolute Gasteiger partial charge is 0.272 e. The van der Waals surface area contributed by atoms with Crippen LogP contribution in [0.4, 0.5) is 0 Å². The second-order valence-corrected chi connectivity index (χ2v) is 6.62. The van der Waals surface area contributed by atoms with Crippen molar-refractivity contribution in [2.24, 2.45) is 7.05 Å². The van der Waals surface area contributed by atoms with E-state index in [9.17, 15) is 4.79 Å². The lowest BCUT2D eigenvalue weighted by molar-refractivity contribution is 0.0945. The highest BCUT2D eigenvalue weighted by atomic mass is 16.2. The molecule has 1 aliphatic carbocycles. The Balaban J connectivity index is 1.50. The third-order valence-corrected chi connectivity index (χ3v) is 5.00. The number of carbonyl (C=O) groups excluding carboxylic acids is 1. The lowest BCUT2D eigenvalue weighted by Crippen LogP contribution is -2.26. The van der Waals surface area contributed by atoms with Gasteiger partial charge in [-0.05, 0) is 18.9 Å². The highest BCUT2D eigenvalue weighted by Gasteiger charge is 2.20. The molecule has 1 aromatic carbocycles.